The smallest absolute Gasteiger partial charge is 0.322 e. The first kappa shape index (κ1) is 10.7. The van der Waals surface area contributed by atoms with Crippen molar-refractivity contribution in [3.05, 3.63) is 60.3 Å². The van der Waals surface area contributed by atoms with E-state index in [4.69, 9.17) is 4.74 Å². The van der Waals surface area contributed by atoms with Gasteiger partial charge in [-0.25, -0.2) is 4.98 Å². The molecule has 3 nitrogen and oxygen atoms in total. The van der Waals surface area contributed by atoms with Crippen LogP contribution in [0.3, 0.4) is 0 Å². The molecule has 0 unspecified atom stereocenters. The van der Waals surface area contributed by atoms with Crippen LogP contribution >= 0.6 is 0 Å². The molecule has 0 saturated carbocycles. The summed E-state index contributed by atoms with van der Waals surface area (Å²) in [5.41, 5.74) is 2.07. The van der Waals surface area contributed by atoms with Gasteiger partial charge in [-0.3, -0.25) is 0 Å². The van der Waals surface area contributed by atoms with Gasteiger partial charge in [0, 0.05) is 11.6 Å². The van der Waals surface area contributed by atoms with E-state index in [-0.39, 0.29) is 0 Å². The average Bonchev–Trinajstić information content (AvgIpc) is 2.39. The van der Waals surface area contributed by atoms with Crippen molar-refractivity contribution >= 4 is 10.9 Å². The number of para-hydroxylation sites is 1. The molecule has 0 aliphatic heterocycles. The third kappa shape index (κ3) is 2.15. The summed E-state index contributed by atoms with van der Waals surface area (Å²) < 4.78 is 5.60. The van der Waals surface area contributed by atoms with Gasteiger partial charge in [-0.1, -0.05) is 30.3 Å². The number of hydrogen-bond acceptors (Lipinski definition) is 3. The zero-order chi connectivity index (χ0) is 12.4. The van der Waals surface area contributed by atoms with Crippen LogP contribution in [0.4, 0.5) is 0 Å². The Morgan fingerprint density at radius 3 is 2.67 bits per heavy atom. The summed E-state index contributed by atoms with van der Waals surface area (Å²) in [5, 5.41) is 1.01. The predicted octanol–water partition coefficient (Wildman–Crippen LogP) is 3.73. The molecule has 0 atom stereocenters. The maximum atomic E-state index is 5.60. The fourth-order valence-corrected chi connectivity index (χ4v) is 1.76. The Morgan fingerprint density at radius 1 is 1.00 bits per heavy atom. The van der Waals surface area contributed by atoms with Crippen LogP contribution in [0.1, 0.15) is 5.56 Å². The molecule has 0 saturated heterocycles. The number of fused-ring (bicyclic) bond motifs is 1. The second-order valence-corrected chi connectivity index (χ2v) is 4.13. The van der Waals surface area contributed by atoms with E-state index in [0.29, 0.717) is 6.01 Å². The molecule has 2 aromatic carbocycles. The first-order valence-corrected chi connectivity index (χ1v) is 5.77. The van der Waals surface area contributed by atoms with Crippen molar-refractivity contribution in [3.63, 3.8) is 0 Å². The summed E-state index contributed by atoms with van der Waals surface area (Å²) in [6.07, 6.45) is 1.78. The van der Waals surface area contributed by atoms with Crippen molar-refractivity contribution in [3.8, 4) is 11.8 Å². The molecule has 3 rings (SSSR count). The Kier molecular flexibility index (Phi) is 2.65. The van der Waals surface area contributed by atoms with E-state index in [1.165, 1.54) is 5.56 Å². The highest BCUT2D eigenvalue weighted by Crippen LogP contribution is 2.20. The molecule has 0 N–H and O–H groups in total. The monoisotopic (exact) mass is 236 g/mol. The van der Waals surface area contributed by atoms with Crippen LogP contribution in [0.15, 0.2) is 54.7 Å². The molecule has 18 heavy (non-hydrogen) atoms. The van der Waals surface area contributed by atoms with E-state index in [0.717, 1.165) is 16.7 Å². The molecule has 1 aromatic heterocycles. The second kappa shape index (κ2) is 4.45. The minimum Gasteiger partial charge on any atom is -0.424 e. The Hall–Kier alpha value is -2.42. The van der Waals surface area contributed by atoms with Gasteiger partial charge in [0.15, 0.2) is 0 Å². The van der Waals surface area contributed by atoms with E-state index >= 15 is 0 Å². The molecule has 1 heterocycles. The molecular weight excluding hydrogens is 224 g/mol. The number of aryl methyl sites for hydroxylation is 1. The van der Waals surface area contributed by atoms with Crippen molar-refractivity contribution in [1.82, 2.24) is 9.97 Å². The predicted molar refractivity (Wildman–Crippen MR) is 70.8 cm³/mol. The van der Waals surface area contributed by atoms with Crippen LogP contribution in [0, 0.1) is 6.92 Å². The summed E-state index contributed by atoms with van der Waals surface area (Å²) in [5.74, 6) is 0.740. The number of benzene rings is 2. The molecule has 0 aliphatic rings. The summed E-state index contributed by atoms with van der Waals surface area (Å²) in [4.78, 5) is 8.60. The number of rotatable bonds is 2. The van der Waals surface area contributed by atoms with Gasteiger partial charge in [-0.15, -0.1) is 0 Å². The highest BCUT2D eigenvalue weighted by Gasteiger charge is 2.02. The maximum Gasteiger partial charge on any atom is 0.322 e. The van der Waals surface area contributed by atoms with Crippen LogP contribution in [-0.2, 0) is 0 Å². The summed E-state index contributed by atoms with van der Waals surface area (Å²) in [7, 11) is 0. The van der Waals surface area contributed by atoms with E-state index in [1.807, 2.05) is 55.5 Å². The van der Waals surface area contributed by atoms with Gasteiger partial charge in [0.25, 0.3) is 0 Å². The lowest BCUT2D eigenvalue weighted by Gasteiger charge is -2.04. The van der Waals surface area contributed by atoms with Gasteiger partial charge in [0.1, 0.15) is 5.75 Å². The molecule has 0 amide bonds. The van der Waals surface area contributed by atoms with Gasteiger partial charge < -0.3 is 4.74 Å². The van der Waals surface area contributed by atoms with Crippen molar-refractivity contribution in [2.45, 2.75) is 6.92 Å². The lowest BCUT2D eigenvalue weighted by molar-refractivity contribution is 0.444. The Labute approximate surface area is 105 Å². The van der Waals surface area contributed by atoms with Gasteiger partial charge in [-0.2, -0.15) is 4.98 Å². The summed E-state index contributed by atoms with van der Waals surface area (Å²) >= 11 is 0. The van der Waals surface area contributed by atoms with Crippen molar-refractivity contribution in [2.75, 3.05) is 0 Å². The highest BCUT2D eigenvalue weighted by molar-refractivity contribution is 5.78. The van der Waals surface area contributed by atoms with E-state index in [9.17, 15) is 0 Å². The Balaban J connectivity index is 1.98. The molecule has 3 heteroatoms. The Morgan fingerprint density at radius 2 is 1.83 bits per heavy atom. The van der Waals surface area contributed by atoms with Gasteiger partial charge >= 0.3 is 6.01 Å². The number of aromatic nitrogens is 2. The molecule has 0 spiro atoms. The van der Waals surface area contributed by atoms with E-state index < -0.39 is 0 Å². The van der Waals surface area contributed by atoms with Gasteiger partial charge in [-0.05, 0) is 30.7 Å². The van der Waals surface area contributed by atoms with Crippen LogP contribution in [0.2, 0.25) is 0 Å². The maximum absolute atomic E-state index is 5.60. The normalized spacial score (nSPS) is 10.5. The van der Waals surface area contributed by atoms with Crippen LogP contribution < -0.4 is 4.74 Å². The average molecular weight is 236 g/mol. The number of nitrogens with zero attached hydrogens (tertiary/aromatic N) is 2. The first-order chi connectivity index (χ1) is 8.81. The van der Waals surface area contributed by atoms with Gasteiger partial charge in [0.2, 0.25) is 0 Å². The molecule has 88 valence electrons. The molecule has 0 radical (unpaired) electrons. The molecular formula is C15H12N2O. The summed E-state index contributed by atoms with van der Waals surface area (Å²) in [6, 6.07) is 16.0. The summed E-state index contributed by atoms with van der Waals surface area (Å²) in [6.45, 7) is 2.04. The van der Waals surface area contributed by atoms with Crippen molar-refractivity contribution < 1.29 is 4.74 Å². The van der Waals surface area contributed by atoms with Gasteiger partial charge in [0.05, 0.1) is 5.52 Å². The molecule has 0 fully saturated rings. The SMILES string of the molecule is Cc1ccc2cnc(Oc3ccccc3)nc2c1. The van der Waals surface area contributed by atoms with E-state index in [1.54, 1.807) is 6.20 Å². The minimum absolute atomic E-state index is 0.374. The molecule has 0 aliphatic carbocycles. The molecule has 3 aromatic rings. The quantitative estimate of drug-likeness (QED) is 0.680. The Bertz CT molecular complexity index is 680. The molecule has 0 bridgehead atoms. The van der Waals surface area contributed by atoms with Crippen LogP contribution in [0.25, 0.3) is 10.9 Å². The van der Waals surface area contributed by atoms with E-state index in [2.05, 4.69) is 9.97 Å². The topological polar surface area (TPSA) is 35.0 Å². The van der Waals surface area contributed by atoms with Crippen molar-refractivity contribution in [2.24, 2.45) is 0 Å². The second-order valence-electron chi connectivity index (χ2n) is 4.13. The zero-order valence-electron chi connectivity index (χ0n) is 10.00. The largest absolute Gasteiger partial charge is 0.424 e. The number of ether oxygens (including phenoxy) is 1. The lowest BCUT2D eigenvalue weighted by atomic mass is 10.2. The lowest BCUT2D eigenvalue weighted by Crippen LogP contribution is -1.92. The first-order valence-electron chi connectivity index (χ1n) is 5.77. The minimum atomic E-state index is 0.374. The van der Waals surface area contributed by atoms with Crippen LogP contribution in [-0.4, -0.2) is 9.97 Å². The fraction of sp³-hybridized carbons (Fsp3) is 0.0667. The highest BCUT2D eigenvalue weighted by atomic mass is 16.5. The fourth-order valence-electron chi connectivity index (χ4n) is 1.76. The van der Waals surface area contributed by atoms with Crippen LogP contribution in [0.5, 0.6) is 11.8 Å². The van der Waals surface area contributed by atoms with Crippen molar-refractivity contribution in [1.29, 1.82) is 0 Å². The number of hydrogen-bond donors (Lipinski definition) is 0. The third-order valence-corrected chi connectivity index (χ3v) is 2.67. The standard InChI is InChI=1S/C15H12N2O/c1-11-7-8-12-10-16-15(17-14(12)9-11)18-13-5-3-2-4-6-13/h2-10H,1H3. The third-order valence-electron chi connectivity index (χ3n) is 2.67. The zero-order valence-corrected chi connectivity index (χ0v) is 10.00.